The van der Waals surface area contributed by atoms with Crippen LogP contribution in [-0.2, 0) is 5.92 Å². The number of nitrogens with zero attached hydrogens (tertiary/aromatic N) is 5. The van der Waals surface area contributed by atoms with Gasteiger partial charge in [-0.1, -0.05) is 12.1 Å². The van der Waals surface area contributed by atoms with E-state index >= 15 is 0 Å². The highest BCUT2D eigenvalue weighted by molar-refractivity contribution is 5.97. The summed E-state index contributed by atoms with van der Waals surface area (Å²) in [6, 6.07) is 8.78. The Bertz CT molecular complexity index is 1130. The molecule has 1 aromatic carbocycles. The Balaban J connectivity index is 1.69. The molecule has 0 atom stereocenters. The van der Waals surface area contributed by atoms with Crippen molar-refractivity contribution in [1.29, 1.82) is 0 Å². The predicted octanol–water partition coefficient (Wildman–Crippen LogP) is 5.50. The first kappa shape index (κ1) is 24.9. The number of hydrogen-bond acceptors (Lipinski definition) is 7. The van der Waals surface area contributed by atoms with Crippen LogP contribution in [0.5, 0.6) is 0 Å². The molecule has 0 amide bonds. The van der Waals surface area contributed by atoms with Gasteiger partial charge in [-0.2, -0.15) is 18.9 Å². The van der Waals surface area contributed by atoms with Crippen LogP contribution in [-0.4, -0.2) is 40.4 Å². The normalized spacial score (nSPS) is 11.9. The Kier molecular flexibility index (Phi) is 7.98. The summed E-state index contributed by atoms with van der Waals surface area (Å²) in [5.74, 6) is -3.72. The van der Waals surface area contributed by atoms with Gasteiger partial charge in [-0.3, -0.25) is 4.98 Å². The summed E-state index contributed by atoms with van der Waals surface area (Å²) in [5.41, 5.74) is 4.29. The number of pyridine rings is 1. The van der Waals surface area contributed by atoms with Gasteiger partial charge < -0.3 is 10.2 Å². The van der Waals surface area contributed by atoms with Gasteiger partial charge in [0.15, 0.2) is 18.3 Å². The molecule has 2 N–H and O–H groups in total. The van der Waals surface area contributed by atoms with Crippen LogP contribution in [0.2, 0.25) is 0 Å². The molecule has 0 fully saturated rings. The lowest BCUT2D eigenvalue weighted by Crippen LogP contribution is -2.24. The number of hydrazone groups is 1. The van der Waals surface area contributed by atoms with E-state index in [-0.39, 0.29) is 11.8 Å². The van der Waals surface area contributed by atoms with Crippen molar-refractivity contribution in [1.82, 2.24) is 15.0 Å². The van der Waals surface area contributed by atoms with Gasteiger partial charge in [0.05, 0.1) is 29.5 Å². The van der Waals surface area contributed by atoms with Crippen LogP contribution in [0.25, 0.3) is 0 Å². The summed E-state index contributed by atoms with van der Waals surface area (Å²) >= 11 is 0. The van der Waals surface area contributed by atoms with Crippen molar-refractivity contribution in [3.8, 4) is 0 Å². The minimum absolute atomic E-state index is 0.144. The number of anilines is 4. The first-order chi connectivity index (χ1) is 16.3. The van der Waals surface area contributed by atoms with Gasteiger partial charge >= 0.3 is 5.92 Å². The summed E-state index contributed by atoms with van der Waals surface area (Å²) in [5, 5.41) is 7.17. The first-order valence-electron chi connectivity index (χ1n) is 10.6. The standard InChI is InChI=1S/C23H25F4N7/c1-4-34(5-2)21-19(25)13-29-22(31-21)33-32-15(3)20-10-9-18(12-28-20)30-17-8-6-7-16(11-17)23(26,27)14-24/h6-13,30H,4-5,14H2,1-3H3,(H,29,31,33)/b32-15+. The number of halogens is 4. The zero-order chi connectivity index (χ0) is 24.7. The molecule has 0 saturated carbocycles. The van der Waals surface area contributed by atoms with Crippen LogP contribution in [0, 0.1) is 5.82 Å². The van der Waals surface area contributed by atoms with E-state index < -0.39 is 24.0 Å². The number of rotatable bonds is 10. The second kappa shape index (κ2) is 10.9. The molecule has 2 heterocycles. The Morgan fingerprint density at radius 2 is 1.82 bits per heavy atom. The van der Waals surface area contributed by atoms with Gasteiger partial charge in [-0.05, 0) is 45.0 Å². The first-order valence-corrected chi connectivity index (χ1v) is 10.6. The second-order valence-corrected chi connectivity index (χ2v) is 7.32. The van der Waals surface area contributed by atoms with Gasteiger partial charge in [0.1, 0.15) is 0 Å². The van der Waals surface area contributed by atoms with Gasteiger partial charge in [-0.15, -0.1) is 0 Å². The fourth-order valence-electron chi connectivity index (χ4n) is 3.10. The Labute approximate surface area is 195 Å². The summed E-state index contributed by atoms with van der Waals surface area (Å²) < 4.78 is 53.8. The molecule has 180 valence electrons. The molecular weight excluding hydrogens is 450 g/mol. The highest BCUT2D eigenvalue weighted by atomic mass is 19.3. The number of benzene rings is 1. The smallest absolute Gasteiger partial charge is 0.301 e. The van der Waals surface area contributed by atoms with Crippen molar-refractivity contribution in [2.24, 2.45) is 5.10 Å². The molecule has 0 aliphatic carbocycles. The van der Waals surface area contributed by atoms with E-state index in [1.807, 2.05) is 13.8 Å². The third-order valence-electron chi connectivity index (χ3n) is 4.99. The number of aromatic nitrogens is 3. The number of nitrogens with one attached hydrogen (secondary N) is 2. The number of hydrogen-bond donors (Lipinski definition) is 2. The zero-order valence-electron chi connectivity index (χ0n) is 19.0. The van der Waals surface area contributed by atoms with Crippen LogP contribution >= 0.6 is 0 Å². The van der Waals surface area contributed by atoms with Gasteiger partial charge in [0.2, 0.25) is 5.95 Å². The molecule has 0 aliphatic rings. The van der Waals surface area contributed by atoms with Crippen molar-refractivity contribution >= 4 is 28.9 Å². The SMILES string of the molecule is CCN(CC)c1nc(N/N=C(\C)c2ccc(Nc3cccc(C(F)(F)CF)c3)cn2)ncc1F. The van der Waals surface area contributed by atoms with E-state index in [1.54, 1.807) is 30.0 Å². The lowest BCUT2D eigenvalue weighted by atomic mass is 10.1. The second-order valence-electron chi connectivity index (χ2n) is 7.32. The van der Waals surface area contributed by atoms with Crippen LogP contribution in [0.4, 0.5) is 40.7 Å². The van der Waals surface area contributed by atoms with E-state index in [9.17, 15) is 17.6 Å². The lowest BCUT2D eigenvalue weighted by molar-refractivity contribution is -0.0280. The molecule has 7 nitrogen and oxygen atoms in total. The maximum Gasteiger partial charge on any atom is 0.301 e. The van der Waals surface area contributed by atoms with E-state index in [4.69, 9.17) is 0 Å². The lowest BCUT2D eigenvalue weighted by Gasteiger charge is -2.20. The van der Waals surface area contributed by atoms with Gasteiger partial charge in [0.25, 0.3) is 0 Å². The van der Waals surface area contributed by atoms with Crippen molar-refractivity contribution in [2.75, 3.05) is 35.4 Å². The average Bonchev–Trinajstić information content (AvgIpc) is 2.85. The largest absolute Gasteiger partial charge is 0.355 e. The Hall–Kier alpha value is -3.76. The van der Waals surface area contributed by atoms with Gasteiger partial charge in [0, 0.05) is 24.3 Å². The van der Waals surface area contributed by atoms with Crippen molar-refractivity contribution in [3.63, 3.8) is 0 Å². The summed E-state index contributed by atoms with van der Waals surface area (Å²) in [6.07, 6.45) is 2.60. The molecule has 3 aromatic rings. The van der Waals surface area contributed by atoms with Crippen molar-refractivity contribution in [3.05, 3.63) is 65.9 Å². The third kappa shape index (κ3) is 5.97. The van der Waals surface area contributed by atoms with Crippen molar-refractivity contribution in [2.45, 2.75) is 26.7 Å². The van der Waals surface area contributed by atoms with E-state index in [1.165, 1.54) is 24.4 Å². The van der Waals surface area contributed by atoms with Crippen LogP contribution in [0.15, 0.2) is 53.9 Å². The molecule has 3 rings (SSSR count). The van der Waals surface area contributed by atoms with Crippen LogP contribution in [0.3, 0.4) is 0 Å². The van der Waals surface area contributed by atoms with E-state index in [0.29, 0.717) is 35.9 Å². The molecular formula is C23H25F4N7. The van der Waals surface area contributed by atoms with E-state index in [0.717, 1.165) is 6.20 Å². The molecule has 0 aliphatic heterocycles. The van der Waals surface area contributed by atoms with Crippen molar-refractivity contribution < 1.29 is 17.6 Å². The topological polar surface area (TPSA) is 78.3 Å². The summed E-state index contributed by atoms with van der Waals surface area (Å²) in [7, 11) is 0. The quantitative estimate of drug-likeness (QED) is 0.229. The minimum Gasteiger partial charge on any atom is -0.355 e. The molecule has 0 saturated heterocycles. The molecule has 0 spiro atoms. The number of alkyl halides is 3. The molecule has 11 heteroatoms. The average molecular weight is 475 g/mol. The van der Waals surface area contributed by atoms with Crippen LogP contribution < -0.4 is 15.6 Å². The Morgan fingerprint density at radius 1 is 1.06 bits per heavy atom. The zero-order valence-corrected chi connectivity index (χ0v) is 19.0. The molecule has 0 unspecified atom stereocenters. The minimum atomic E-state index is -3.54. The maximum absolute atomic E-state index is 14.1. The predicted molar refractivity (Wildman–Crippen MR) is 125 cm³/mol. The molecule has 0 bridgehead atoms. The summed E-state index contributed by atoms with van der Waals surface area (Å²) in [6.45, 7) is 4.96. The van der Waals surface area contributed by atoms with Gasteiger partial charge in [-0.25, -0.2) is 19.2 Å². The molecule has 0 radical (unpaired) electrons. The maximum atomic E-state index is 14.1. The highest BCUT2D eigenvalue weighted by Gasteiger charge is 2.31. The fourth-order valence-corrected chi connectivity index (χ4v) is 3.10. The summed E-state index contributed by atoms with van der Waals surface area (Å²) in [4.78, 5) is 14.2. The van der Waals surface area contributed by atoms with Crippen LogP contribution in [0.1, 0.15) is 32.0 Å². The monoisotopic (exact) mass is 475 g/mol. The molecule has 2 aromatic heterocycles. The third-order valence-corrected chi connectivity index (χ3v) is 4.99. The molecule has 34 heavy (non-hydrogen) atoms. The fraction of sp³-hybridized carbons (Fsp3) is 0.304. The van der Waals surface area contributed by atoms with E-state index in [2.05, 4.69) is 30.8 Å². The Morgan fingerprint density at radius 3 is 2.47 bits per heavy atom. The highest BCUT2D eigenvalue weighted by Crippen LogP contribution is 2.30.